The maximum absolute atomic E-state index is 11.4. The highest BCUT2D eigenvalue weighted by Crippen LogP contribution is 2.29. The topological polar surface area (TPSA) is 38.3 Å². The fraction of sp³-hybridized carbons (Fsp3) is 0.357. The Balaban J connectivity index is 2.67. The Morgan fingerprint density at radius 1 is 1.56 bits per heavy atom. The molecule has 0 heterocycles. The summed E-state index contributed by atoms with van der Waals surface area (Å²) < 4.78 is 6.51. The van der Waals surface area contributed by atoms with Crippen LogP contribution in [0.4, 0.5) is 0 Å². The van der Waals surface area contributed by atoms with Gasteiger partial charge in [0.15, 0.2) is 6.61 Å². The fourth-order valence-corrected chi connectivity index (χ4v) is 1.82. The van der Waals surface area contributed by atoms with Crippen molar-refractivity contribution >= 4 is 21.8 Å². The predicted molar refractivity (Wildman–Crippen MR) is 75.6 cm³/mol. The van der Waals surface area contributed by atoms with E-state index in [0.717, 1.165) is 15.8 Å². The van der Waals surface area contributed by atoms with Gasteiger partial charge in [-0.25, -0.2) is 0 Å². The molecule has 0 fully saturated rings. The van der Waals surface area contributed by atoms with Crippen LogP contribution in [0.15, 0.2) is 22.7 Å². The van der Waals surface area contributed by atoms with Gasteiger partial charge >= 0.3 is 0 Å². The van der Waals surface area contributed by atoms with Crippen molar-refractivity contribution in [3.63, 3.8) is 0 Å². The van der Waals surface area contributed by atoms with Crippen LogP contribution in [-0.2, 0) is 4.79 Å². The Hall–Kier alpha value is -1.47. The molecule has 1 N–H and O–H groups in total. The van der Waals surface area contributed by atoms with E-state index in [-0.39, 0.29) is 19.1 Å². The van der Waals surface area contributed by atoms with Gasteiger partial charge in [-0.2, -0.15) is 0 Å². The standard InChI is InChI=1S/C14H16BrNO2/c1-4-7-16-14(17)9-18-13-6-5-11(15)8-12(13)10(2)3/h1,5-6,8,10H,7,9H2,2-3H3,(H,16,17). The number of benzene rings is 1. The third-order valence-corrected chi connectivity index (χ3v) is 2.83. The number of nitrogens with one attached hydrogen (secondary N) is 1. The van der Waals surface area contributed by atoms with Crippen molar-refractivity contribution in [2.24, 2.45) is 0 Å². The van der Waals surface area contributed by atoms with Gasteiger partial charge in [-0.05, 0) is 29.7 Å². The number of carbonyl (C=O) groups is 1. The Labute approximate surface area is 116 Å². The van der Waals surface area contributed by atoms with Crippen LogP contribution in [0.3, 0.4) is 0 Å². The van der Waals surface area contributed by atoms with Crippen LogP contribution in [0.25, 0.3) is 0 Å². The number of halogens is 1. The van der Waals surface area contributed by atoms with Crippen LogP contribution in [0.2, 0.25) is 0 Å². The molecule has 0 radical (unpaired) electrons. The van der Waals surface area contributed by atoms with Crippen molar-refractivity contribution in [3.8, 4) is 18.1 Å². The highest BCUT2D eigenvalue weighted by Gasteiger charge is 2.10. The Morgan fingerprint density at radius 2 is 2.28 bits per heavy atom. The van der Waals surface area contributed by atoms with Crippen LogP contribution in [0.1, 0.15) is 25.3 Å². The summed E-state index contributed by atoms with van der Waals surface area (Å²) in [5.41, 5.74) is 1.06. The third kappa shape index (κ3) is 4.42. The molecule has 0 atom stereocenters. The predicted octanol–water partition coefficient (Wildman–Crippen LogP) is 2.70. The number of terminal acetylenes is 1. The molecule has 0 aliphatic heterocycles. The van der Waals surface area contributed by atoms with Crippen LogP contribution in [0.5, 0.6) is 5.75 Å². The molecule has 0 unspecified atom stereocenters. The number of ether oxygens (including phenoxy) is 1. The number of amides is 1. The number of carbonyl (C=O) groups excluding carboxylic acids is 1. The van der Waals surface area contributed by atoms with Crippen molar-refractivity contribution in [3.05, 3.63) is 28.2 Å². The highest BCUT2D eigenvalue weighted by molar-refractivity contribution is 9.10. The molecule has 96 valence electrons. The summed E-state index contributed by atoms with van der Waals surface area (Å²) >= 11 is 3.42. The van der Waals surface area contributed by atoms with Crippen LogP contribution < -0.4 is 10.1 Å². The Kier molecular flexibility index (Phi) is 5.73. The number of hydrogen-bond acceptors (Lipinski definition) is 2. The number of rotatable bonds is 5. The van der Waals surface area contributed by atoms with E-state index in [0.29, 0.717) is 5.92 Å². The van der Waals surface area contributed by atoms with Crippen molar-refractivity contribution < 1.29 is 9.53 Å². The summed E-state index contributed by atoms with van der Waals surface area (Å²) in [7, 11) is 0. The maximum atomic E-state index is 11.4. The van der Waals surface area contributed by atoms with Gasteiger partial charge in [0, 0.05) is 4.47 Å². The summed E-state index contributed by atoms with van der Waals surface area (Å²) in [6.07, 6.45) is 5.05. The first-order valence-corrected chi connectivity index (χ1v) is 6.46. The van der Waals surface area contributed by atoms with Crippen LogP contribution >= 0.6 is 15.9 Å². The zero-order chi connectivity index (χ0) is 13.5. The SMILES string of the molecule is C#CCNC(=O)COc1ccc(Br)cc1C(C)C. The van der Waals surface area contributed by atoms with E-state index in [1.165, 1.54) is 0 Å². The van der Waals surface area contributed by atoms with Crippen molar-refractivity contribution in [1.82, 2.24) is 5.32 Å². The highest BCUT2D eigenvalue weighted by atomic mass is 79.9. The number of hydrogen-bond donors (Lipinski definition) is 1. The van der Waals surface area contributed by atoms with Gasteiger partial charge in [0.05, 0.1) is 6.54 Å². The normalized spacial score (nSPS) is 9.94. The van der Waals surface area contributed by atoms with Crippen molar-refractivity contribution in [1.29, 1.82) is 0 Å². The molecule has 0 aliphatic carbocycles. The van der Waals surface area contributed by atoms with E-state index in [2.05, 4.69) is 41.0 Å². The summed E-state index contributed by atoms with van der Waals surface area (Å²) in [6.45, 7) is 4.35. The lowest BCUT2D eigenvalue weighted by Gasteiger charge is -2.14. The molecular formula is C14H16BrNO2. The first-order valence-electron chi connectivity index (χ1n) is 5.67. The molecule has 18 heavy (non-hydrogen) atoms. The van der Waals surface area contributed by atoms with Gasteiger partial charge in [0.2, 0.25) is 0 Å². The second-order valence-corrected chi connectivity index (χ2v) is 5.02. The van der Waals surface area contributed by atoms with E-state index in [9.17, 15) is 4.79 Å². The molecule has 0 aromatic heterocycles. The molecule has 4 heteroatoms. The largest absolute Gasteiger partial charge is 0.483 e. The van der Waals surface area contributed by atoms with Gasteiger partial charge < -0.3 is 10.1 Å². The average molecular weight is 310 g/mol. The lowest BCUT2D eigenvalue weighted by Crippen LogP contribution is -2.29. The molecule has 0 aliphatic rings. The van der Waals surface area contributed by atoms with Gasteiger partial charge in [-0.15, -0.1) is 6.42 Å². The van der Waals surface area contributed by atoms with E-state index < -0.39 is 0 Å². The molecule has 1 aromatic rings. The molecule has 0 bridgehead atoms. The molecule has 0 spiro atoms. The average Bonchev–Trinajstić information content (AvgIpc) is 2.34. The van der Waals surface area contributed by atoms with E-state index in [4.69, 9.17) is 11.2 Å². The molecule has 3 nitrogen and oxygen atoms in total. The maximum Gasteiger partial charge on any atom is 0.258 e. The van der Waals surface area contributed by atoms with Gasteiger partial charge in [0.1, 0.15) is 5.75 Å². The van der Waals surface area contributed by atoms with Crippen molar-refractivity contribution in [2.75, 3.05) is 13.2 Å². The van der Waals surface area contributed by atoms with Crippen LogP contribution in [-0.4, -0.2) is 19.1 Å². The first-order chi connectivity index (χ1) is 8.54. The second-order valence-electron chi connectivity index (χ2n) is 4.11. The summed E-state index contributed by atoms with van der Waals surface area (Å²) in [5.74, 6) is 3.17. The van der Waals surface area contributed by atoms with Gasteiger partial charge in [-0.3, -0.25) is 4.79 Å². The smallest absolute Gasteiger partial charge is 0.258 e. The summed E-state index contributed by atoms with van der Waals surface area (Å²) in [4.78, 5) is 11.4. The molecule has 0 saturated heterocycles. The minimum absolute atomic E-state index is 0.0248. The Morgan fingerprint density at radius 3 is 2.89 bits per heavy atom. The monoisotopic (exact) mass is 309 g/mol. The summed E-state index contributed by atoms with van der Waals surface area (Å²) in [6, 6.07) is 5.74. The minimum Gasteiger partial charge on any atom is -0.483 e. The van der Waals surface area contributed by atoms with Gasteiger partial charge in [0.25, 0.3) is 5.91 Å². The third-order valence-electron chi connectivity index (χ3n) is 2.34. The van der Waals surface area contributed by atoms with Gasteiger partial charge in [-0.1, -0.05) is 35.7 Å². The molecule has 1 rings (SSSR count). The Bertz CT molecular complexity index is 463. The fourth-order valence-electron chi connectivity index (χ4n) is 1.45. The quantitative estimate of drug-likeness (QED) is 0.849. The molecule has 0 saturated carbocycles. The van der Waals surface area contributed by atoms with Crippen molar-refractivity contribution in [2.45, 2.75) is 19.8 Å². The first kappa shape index (κ1) is 14.6. The second kappa shape index (κ2) is 7.07. The lowest BCUT2D eigenvalue weighted by atomic mass is 10.0. The van der Waals surface area contributed by atoms with E-state index in [1.807, 2.05) is 18.2 Å². The molecular weight excluding hydrogens is 294 g/mol. The zero-order valence-corrected chi connectivity index (χ0v) is 12.1. The van der Waals surface area contributed by atoms with E-state index >= 15 is 0 Å². The molecule has 1 amide bonds. The zero-order valence-electron chi connectivity index (χ0n) is 10.5. The lowest BCUT2D eigenvalue weighted by molar-refractivity contribution is -0.122. The molecule has 1 aromatic carbocycles. The summed E-state index contributed by atoms with van der Waals surface area (Å²) in [5, 5.41) is 2.55. The van der Waals surface area contributed by atoms with Crippen LogP contribution in [0, 0.1) is 12.3 Å². The minimum atomic E-state index is -0.217. The van der Waals surface area contributed by atoms with E-state index in [1.54, 1.807) is 0 Å².